The molecule has 0 saturated carbocycles. The van der Waals surface area contributed by atoms with E-state index >= 15 is 0 Å². The standard InChI is InChI=1S/C15H15Cl2NO3S/c1-9-7-14(21-3)15(8-12(9)17)22(19,20)18-13-6-4-5-11(16)10(13)2/h4-8,18H,1-3H3. The predicted molar refractivity (Wildman–Crippen MR) is 89.7 cm³/mol. The monoisotopic (exact) mass is 359 g/mol. The second kappa shape index (κ2) is 6.36. The molecule has 1 N–H and O–H groups in total. The highest BCUT2D eigenvalue weighted by atomic mass is 35.5. The number of sulfonamides is 1. The predicted octanol–water partition coefficient (Wildman–Crippen LogP) is 4.42. The second-order valence-corrected chi connectivity index (χ2v) is 7.24. The highest BCUT2D eigenvalue weighted by Gasteiger charge is 2.22. The van der Waals surface area contributed by atoms with Crippen LogP contribution in [0, 0.1) is 13.8 Å². The summed E-state index contributed by atoms with van der Waals surface area (Å²) in [6, 6.07) is 7.96. The fourth-order valence-electron chi connectivity index (χ4n) is 1.92. The Bertz CT molecular complexity index is 820. The van der Waals surface area contributed by atoms with Gasteiger partial charge in [-0.3, -0.25) is 4.72 Å². The Hall–Kier alpha value is -1.43. The van der Waals surface area contributed by atoms with E-state index in [1.165, 1.54) is 13.2 Å². The molecule has 0 atom stereocenters. The van der Waals surface area contributed by atoms with Crippen molar-refractivity contribution in [2.24, 2.45) is 0 Å². The zero-order chi connectivity index (χ0) is 16.5. The van der Waals surface area contributed by atoms with Gasteiger partial charge in [0.15, 0.2) is 0 Å². The first kappa shape index (κ1) is 16.9. The minimum atomic E-state index is -3.85. The summed E-state index contributed by atoms with van der Waals surface area (Å²) in [5.41, 5.74) is 1.78. The number of aryl methyl sites for hydroxylation is 1. The van der Waals surface area contributed by atoms with Crippen LogP contribution in [0.2, 0.25) is 10.0 Å². The van der Waals surface area contributed by atoms with Crippen molar-refractivity contribution in [3.63, 3.8) is 0 Å². The molecule has 0 aliphatic rings. The molecule has 118 valence electrons. The fourth-order valence-corrected chi connectivity index (χ4v) is 3.63. The molecule has 22 heavy (non-hydrogen) atoms. The van der Waals surface area contributed by atoms with Gasteiger partial charge in [0.1, 0.15) is 10.6 Å². The normalized spacial score (nSPS) is 11.3. The Morgan fingerprint density at radius 3 is 2.41 bits per heavy atom. The van der Waals surface area contributed by atoms with Crippen molar-refractivity contribution in [3.8, 4) is 5.75 Å². The quantitative estimate of drug-likeness (QED) is 0.878. The molecule has 0 bridgehead atoms. The molecular weight excluding hydrogens is 345 g/mol. The number of rotatable bonds is 4. The average molecular weight is 360 g/mol. The van der Waals surface area contributed by atoms with Crippen LogP contribution >= 0.6 is 23.2 Å². The number of nitrogens with one attached hydrogen (secondary N) is 1. The van der Waals surface area contributed by atoms with Crippen LogP contribution in [0.3, 0.4) is 0 Å². The Morgan fingerprint density at radius 2 is 1.77 bits per heavy atom. The molecule has 2 aromatic carbocycles. The number of hydrogen-bond acceptors (Lipinski definition) is 3. The molecule has 0 spiro atoms. The van der Waals surface area contributed by atoms with Crippen molar-refractivity contribution in [3.05, 3.63) is 51.5 Å². The van der Waals surface area contributed by atoms with Crippen LogP contribution in [0.15, 0.2) is 35.2 Å². The lowest BCUT2D eigenvalue weighted by Crippen LogP contribution is -2.15. The van der Waals surface area contributed by atoms with Gasteiger partial charge in [-0.25, -0.2) is 8.42 Å². The van der Waals surface area contributed by atoms with Crippen molar-refractivity contribution in [1.82, 2.24) is 0 Å². The smallest absolute Gasteiger partial charge is 0.265 e. The first-order valence-electron chi connectivity index (χ1n) is 6.38. The fraction of sp³-hybridized carbons (Fsp3) is 0.200. The van der Waals surface area contributed by atoms with Gasteiger partial charge >= 0.3 is 0 Å². The molecule has 0 aliphatic heterocycles. The van der Waals surface area contributed by atoms with Crippen LogP contribution in [0.25, 0.3) is 0 Å². The topological polar surface area (TPSA) is 55.4 Å². The largest absolute Gasteiger partial charge is 0.495 e. The Labute approximate surface area is 140 Å². The summed E-state index contributed by atoms with van der Waals surface area (Å²) < 4.78 is 32.9. The summed E-state index contributed by atoms with van der Waals surface area (Å²) in [6.45, 7) is 3.51. The summed E-state index contributed by atoms with van der Waals surface area (Å²) in [7, 11) is -2.44. The van der Waals surface area contributed by atoms with Crippen LogP contribution in [0.4, 0.5) is 5.69 Å². The molecule has 0 aromatic heterocycles. The summed E-state index contributed by atoms with van der Waals surface area (Å²) in [4.78, 5) is -0.0232. The lowest BCUT2D eigenvalue weighted by molar-refractivity contribution is 0.402. The first-order chi connectivity index (χ1) is 10.3. The molecule has 4 nitrogen and oxygen atoms in total. The summed E-state index contributed by atoms with van der Waals surface area (Å²) in [5, 5.41) is 0.832. The highest BCUT2D eigenvalue weighted by molar-refractivity contribution is 7.92. The number of ether oxygens (including phenoxy) is 1. The summed E-state index contributed by atoms with van der Waals surface area (Å²) >= 11 is 12.1. The maximum atomic E-state index is 12.6. The minimum Gasteiger partial charge on any atom is -0.495 e. The summed E-state index contributed by atoms with van der Waals surface area (Å²) in [5.74, 6) is 0.231. The average Bonchev–Trinajstić information content (AvgIpc) is 2.46. The van der Waals surface area contributed by atoms with E-state index in [2.05, 4.69) is 4.72 Å². The van der Waals surface area contributed by atoms with Crippen molar-refractivity contribution >= 4 is 38.9 Å². The lowest BCUT2D eigenvalue weighted by Gasteiger charge is -2.15. The molecule has 0 radical (unpaired) electrons. The van der Waals surface area contributed by atoms with Gasteiger partial charge < -0.3 is 4.74 Å². The van der Waals surface area contributed by atoms with Crippen molar-refractivity contribution in [2.45, 2.75) is 18.7 Å². The van der Waals surface area contributed by atoms with Gasteiger partial charge in [0.05, 0.1) is 12.8 Å². The minimum absolute atomic E-state index is 0.0232. The summed E-state index contributed by atoms with van der Waals surface area (Å²) in [6.07, 6.45) is 0. The Kier molecular flexibility index (Phi) is 4.90. The zero-order valence-electron chi connectivity index (χ0n) is 12.3. The van der Waals surface area contributed by atoms with Crippen molar-refractivity contribution in [1.29, 1.82) is 0 Å². The first-order valence-corrected chi connectivity index (χ1v) is 8.62. The molecule has 0 heterocycles. The number of benzene rings is 2. The molecule has 0 fully saturated rings. The molecule has 7 heteroatoms. The van der Waals surface area contributed by atoms with E-state index in [0.717, 1.165) is 5.56 Å². The molecule has 0 saturated heterocycles. The van der Waals surface area contributed by atoms with Gasteiger partial charge in [-0.15, -0.1) is 0 Å². The van der Waals surface area contributed by atoms with Gasteiger partial charge in [0, 0.05) is 10.0 Å². The van der Waals surface area contributed by atoms with E-state index in [4.69, 9.17) is 27.9 Å². The molecule has 0 amide bonds. The van der Waals surface area contributed by atoms with Crippen LogP contribution in [0.5, 0.6) is 5.75 Å². The third-order valence-electron chi connectivity index (χ3n) is 3.25. The maximum Gasteiger partial charge on any atom is 0.265 e. The van der Waals surface area contributed by atoms with Crippen LogP contribution < -0.4 is 9.46 Å². The van der Waals surface area contributed by atoms with Gasteiger partial charge in [0.25, 0.3) is 10.0 Å². The SMILES string of the molecule is COc1cc(C)c(Cl)cc1S(=O)(=O)Nc1cccc(Cl)c1C. The Morgan fingerprint density at radius 1 is 1.09 bits per heavy atom. The van der Waals surface area contributed by atoms with Crippen molar-refractivity contribution in [2.75, 3.05) is 11.8 Å². The van der Waals surface area contributed by atoms with Crippen LogP contribution in [-0.2, 0) is 10.0 Å². The number of anilines is 1. The van der Waals surface area contributed by atoms with E-state index < -0.39 is 10.0 Å². The van der Waals surface area contributed by atoms with Crippen LogP contribution in [-0.4, -0.2) is 15.5 Å². The van der Waals surface area contributed by atoms with E-state index in [9.17, 15) is 8.42 Å². The number of methoxy groups -OCH3 is 1. The van der Waals surface area contributed by atoms with Gasteiger partial charge in [0.2, 0.25) is 0 Å². The molecule has 2 rings (SSSR count). The molecule has 0 unspecified atom stereocenters. The third kappa shape index (κ3) is 3.32. The molecule has 2 aromatic rings. The third-order valence-corrected chi connectivity index (χ3v) is 5.45. The number of halogens is 2. The van der Waals surface area contributed by atoms with Gasteiger partial charge in [-0.05, 0) is 49.2 Å². The molecule has 0 aliphatic carbocycles. The maximum absolute atomic E-state index is 12.6. The van der Waals surface area contributed by atoms with E-state index in [0.29, 0.717) is 21.3 Å². The van der Waals surface area contributed by atoms with E-state index in [1.54, 1.807) is 38.1 Å². The lowest BCUT2D eigenvalue weighted by atomic mass is 10.2. The number of hydrogen-bond donors (Lipinski definition) is 1. The van der Waals surface area contributed by atoms with Gasteiger partial charge in [-0.2, -0.15) is 0 Å². The Balaban J connectivity index is 2.52. The highest BCUT2D eigenvalue weighted by Crippen LogP contribution is 2.32. The van der Waals surface area contributed by atoms with Gasteiger partial charge in [-0.1, -0.05) is 29.3 Å². The second-order valence-electron chi connectivity index (χ2n) is 4.77. The van der Waals surface area contributed by atoms with E-state index in [1.807, 2.05) is 0 Å². The molecular formula is C15H15Cl2NO3S. The van der Waals surface area contributed by atoms with E-state index in [-0.39, 0.29) is 10.6 Å². The van der Waals surface area contributed by atoms with Crippen LogP contribution in [0.1, 0.15) is 11.1 Å². The zero-order valence-corrected chi connectivity index (χ0v) is 14.6. The van der Waals surface area contributed by atoms with Crippen molar-refractivity contribution < 1.29 is 13.2 Å².